The number of likely N-dealkylation sites (tertiary alicyclic amines) is 1. The van der Waals surface area contributed by atoms with Gasteiger partial charge in [-0.3, -0.25) is 4.79 Å². The van der Waals surface area contributed by atoms with Crippen molar-refractivity contribution in [3.63, 3.8) is 0 Å². The van der Waals surface area contributed by atoms with Crippen LogP contribution in [0.5, 0.6) is 0 Å². The van der Waals surface area contributed by atoms with Crippen LogP contribution in [0.3, 0.4) is 0 Å². The molecular weight excluding hydrogens is 419 g/mol. The lowest BCUT2D eigenvalue weighted by Gasteiger charge is -2.47. The Kier molecular flexibility index (Phi) is 5.49. The van der Waals surface area contributed by atoms with E-state index in [0.717, 1.165) is 55.4 Å². The largest absolute Gasteiger partial charge is 0.356 e. The van der Waals surface area contributed by atoms with E-state index in [4.69, 9.17) is 5.26 Å². The van der Waals surface area contributed by atoms with Gasteiger partial charge in [0.15, 0.2) is 0 Å². The Morgan fingerprint density at radius 3 is 2.67 bits per heavy atom. The fourth-order valence-electron chi connectivity index (χ4n) is 5.52. The van der Waals surface area contributed by atoms with E-state index in [0.29, 0.717) is 24.7 Å². The Balaban J connectivity index is 1.20. The van der Waals surface area contributed by atoms with Gasteiger partial charge in [0.1, 0.15) is 29.7 Å². The number of fused-ring (bicyclic) bond motifs is 1. The zero-order valence-corrected chi connectivity index (χ0v) is 18.7. The zero-order valence-electron chi connectivity index (χ0n) is 18.7. The van der Waals surface area contributed by atoms with Crippen LogP contribution in [0.2, 0.25) is 0 Å². The molecule has 1 spiro atoms. The molecule has 170 valence electrons. The third kappa shape index (κ3) is 3.92. The van der Waals surface area contributed by atoms with Gasteiger partial charge >= 0.3 is 0 Å². The van der Waals surface area contributed by atoms with Gasteiger partial charge in [-0.15, -0.1) is 0 Å². The van der Waals surface area contributed by atoms with E-state index >= 15 is 0 Å². The molecule has 33 heavy (non-hydrogen) atoms. The van der Waals surface area contributed by atoms with Crippen LogP contribution >= 0.6 is 0 Å². The second kappa shape index (κ2) is 8.47. The summed E-state index contributed by atoms with van der Waals surface area (Å²) >= 11 is 0. The van der Waals surface area contributed by atoms with Gasteiger partial charge in [0.2, 0.25) is 0 Å². The standard InChI is InChI=1S/C25H27FN6O/c1-31(23-20-6-11-28-22(20)29-16-30-23)19-4-7-25(8-5-19)9-12-32(13-10-25)24(33)17-2-3-18(15-27)21(26)14-17/h2-3,6,11,14,16,19H,4-5,7-10,12-13H2,1H3,(H,28,29,30). The van der Waals surface area contributed by atoms with Crippen LogP contribution in [0.15, 0.2) is 36.8 Å². The topological polar surface area (TPSA) is 88.9 Å². The van der Waals surface area contributed by atoms with Gasteiger partial charge in [0, 0.05) is 37.9 Å². The summed E-state index contributed by atoms with van der Waals surface area (Å²) in [5, 5.41) is 9.94. The molecule has 1 saturated heterocycles. The van der Waals surface area contributed by atoms with Crippen molar-refractivity contribution >= 4 is 22.8 Å². The number of rotatable bonds is 3. The Labute approximate surface area is 192 Å². The van der Waals surface area contributed by atoms with Crippen LogP contribution in [-0.2, 0) is 0 Å². The van der Waals surface area contributed by atoms with Gasteiger partial charge in [-0.05, 0) is 68.2 Å². The monoisotopic (exact) mass is 446 g/mol. The molecule has 1 N–H and O–H groups in total. The molecule has 0 unspecified atom stereocenters. The van der Waals surface area contributed by atoms with Crippen molar-refractivity contribution in [1.29, 1.82) is 5.26 Å². The first-order chi connectivity index (χ1) is 16.0. The van der Waals surface area contributed by atoms with Crippen LogP contribution < -0.4 is 4.90 Å². The molecule has 0 atom stereocenters. The molecule has 0 bridgehead atoms. The number of nitrogens with one attached hydrogen (secondary N) is 1. The summed E-state index contributed by atoms with van der Waals surface area (Å²) in [6.45, 7) is 1.38. The van der Waals surface area contributed by atoms with E-state index in [2.05, 4.69) is 26.9 Å². The first kappa shape index (κ1) is 21.4. The van der Waals surface area contributed by atoms with Crippen molar-refractivity contribution in [3.05, 3.63) is 53.7 Å². The Morgan fingerprint density at radius 1 is 1.21 bits per heavy atom. The maximum Gasteiger partial charge on any atom is 0.253 e. The minimum absolute atomic E-state index is 0.0370. The molecule has 1 amide bonds. The van der Waals surface area contributed by atoms with Crippen molar-refractivity contribution in [1.82, 2.24) is 19.9 Å². The molecule has 0 radical (unpaired) electrons. The highest BCUT2D eigenvalue weighted by Crippen LogP contribution is 2.46. The summed E-state index contributed by atoms with van der Waals surface area (Å²) in [5.74, 6) is 0.179. The van der Waals surface area contributed by atoms with Crippen LogP contribution in [0.25, 0.3) is 11.0 Å². The van der Waals surface area contributed by atoms with Gasteiger partial charge < -0.3 is 14.8 Å². The highest BCUT2D eigenvalue weighted by atomic mass is 19.1. The summed E-state index contributed by atoms with van der Waals surface area (Å²) < 4.78 is 13.9. The molecule has 1 aliphatic carbocycles. The van der Waals surface area contributed by atoms with E-state index in [1.54, 1.807) is 18.5 Å². The molecule has 1 aromatic carbocycles. The van der Waals surface area contributed by atoms with Gasteiger partial charge in [-0.1, -0.05) is 0 Å². The van der Waals surface area contributed by atoms with Crippen LogP contribution in [0.4, 0.5) is 10.2 Å². The smallest absolute Gasteiger partial charge is 0.253 e. The number of amides is 1. The maximum absolute atomic E-state index is 13.9. The lowest BCUT2D eigenvalue weighted by atomic mass is 9.66. The number of benzene rings is 1. The number of nitrogens with zero attached hydrogens (tertiary/aromatic N) is 5. The molecule has 5 rings (SSSR count). The maximum atomic E-state index is 13.9. The molecule has 1 saturated carbocycles. The van der Waals surface area contributed by atoms with Gasteiger partial charge in [-0.2, -0.15) is 5.26 Å². The van der Waals surface area contributed by atoms with Crippen LogP contribution in [0.1, 0.15) is 54.4 Å². The summed E-state index contributed by atoms with van der Waals surface area (Å²) in [4.78, 5) is 29.0. The molecule has 2 aromatic heterocycles. The van der Waals surface area contributed by atoms with Gasteiger partial charge in [0.25, 0.3) is 5.91 Å². The van der Waals surface area contributed by atoms with Crippen LogP contribution in [-0.4, -0.2) is 51.9 Å². The predicted molar refractivity (Wildman–Crippen MR) is 123 cm³/mol. The number of carbonyl (C=O) groups is 1. The Bertz CT molecular complexity index is 1210. The average molecular weight is 447 g/mol. The van der Waals surface area contributed by atoms with Crippen molar-refractivity contribution in [2.45, 2.75) is 44.6 Å². The number of aromatic nitrogens is 3. The molecule has 8 heteroatoms. The first-order valence-corrected chi connectivity index (χ1v) is 11.5. The summed E-state index contributed by atoms with van der Waals surface area (Å²) in [5.41, 5.74) is 1.41. The quantitative estimate of drug-likeness (QED) is 0.649. The van der Waals surface area contributed by atoms with Crippen molar-refractivity contribution in [2.24, 2.45) is 5.41 Å². The Morgan fingerprint density at radius 2 is 1.97 bits per heavy atom. The molecule has 1 aliphatic heterocycles. The fraction of sp³-hybridized carbons (Fsp3) is 0.440. The number of carbonyl (C=O) groups excluding carboxylic acids is 1. The number of H-pyrrole nitrogens is 1. The van der Waals surface area contributed by atoms with Crippen molar-refractivity contribution in [2.75, 3.05) is 25.0 Å². The van der Waals surface area contributed by atoms with Crippen molar-refractivity contribution < 1.29 is 9.18 Å². The number of anilines is 1. The van der Waals surface area contributed by atoms with E-state index in [1.807, 2.05) is 17.2 Å². The summed E-state index contributed by atoms with van der Waals surface area (Å²) in [7, 11) is 2.12. The summed E-state index contributed by atoms with van der Waals surface area (Å²) in [6, 6.07) is 8.36. The lowest BCUT2D eigenvalue weighted by molar-refractivity contribution is 0.0449. The highest BCUT2D eigenvalue weighted by Gasteiger charge is 2.40. The minimum Gasteiger partial charge on any atom is -0.356 e. The molecule has 2 fully saturated rings. The second-order valence-electron chi connectivity index (χ2n) is 9.38. The molecule has 3 aromatic rings. The fourth-order valence-corrected chi connectivity index (χ4v) is 5.52. The van der Waals surface area contributed by atoms with Gasteiger partial charge in [-0.25, -0.2) is 14.4 Å². The van der Waals surface area contributed by atoms with E-state index < -0.39 is 5.82 Å². The SMILES string of the molecule is CN(c1ncnc2[nH]ccc12)C1CCC2(CC1)CCN(C(=O)c1ccc(C#N)c(F)c1)CC2. The predicted octanol–water partition coefficient (Wildman–Crippen LogP) is 4.27. The summed E-state index contributed by atoms with van der Waals surface area (Å²) in [6.07, 6.45) is 9.93. The Hall–Kier alpha value is -3.47. The molecule has 7 nitrogen and oxygen atoms in total. The molecule has 3 heterocycles. The number of hydrogen-bond acceptors (Lipinski definition) is 5. The van der Waals surface area contributed by atoms with E-state index in [1.165, 1.54) is 12.1 Å². The number of halogens is 1. The third-order valence-corrected chi connectivity index (χ3v) is 7.68. The number of aromatic amines is 1. The van der Waals surface area contributed by atoms with Gasteiger partial charge in [0.05, 0.1) is 10.9 Å². The third-order valence-electron chi connectivity index (χ3n) is 7.68. The number of piperidine rings is 1. The molecule has 2 aliphatic rings. The van der Waals surface area contributed by atoms with Crippen LogP contribution in [0, 0.1) is 22.6 Å². The number of hydrogen-bond donors (Lipinski definition) is 1. The average Bonchev–Trinajstić information content (AvgIpc) is 3.33. The second-order valence-corrected chi connectivity index (χ2v) is 9.38. The molecular formula is C25H27FN6O. The van der Waals surface area contributed by atoms with Crippen molar-refractivity contribution in [3.8, 4) is 6.07 Å². The zero-order chi connectivity index (χ0) is 23.0. The normalized spacial score (nSPS) is 18.4. The van der Waals surface area contributed by atoms with E-state index in [9.17, 15) is 9.18 Å². The minimum atomic E-state index is -0.639. The van der Waals surface area contributed by atoms with E-state index in [-0.39, 0.29) is 16.9 Å². The number of nitriles is 1. The lowest BCUT2D eigenvalue weighted by Crippen LogP contribution is -2.46. The highest BCUT2D eigenvalue weighted by molar-refractivity contribution is 5.94. The first-order valence-electron chi connectivity index (χ1n) is 11.5.